The molecule has 0 aromatic heterocycles. The molecule has 0 N–H and O–H groups in total. The van der Waals surface area contributed by atoms with Gasteiger partial charge < -0.3 is 0 Å². The molecule has 0 heterocycles. The lowest BCUT2D eigenvalue weighted by Gasteiger charge is -2.03. The molecular weight excluding hydrogens is 156 g/mol. The smallest absolute Gasteiger partial charge is 0.0467 e. The van der Waals surface area contributed by atoms with E-state index in [0.717, 1.165) is 0 Å². The maximum absolute atomic E-state index is 2.17. The van der Waals surface area contributed by atoms with Crippen molar-refractivity contribution in [2.45, 2.75) is 27.7 Å². The zero-order chi connectivity index (χ0) is 10.1. The Morgan fingerprint density at radius 3 is 2.31 bits per heavy atom. The molecule has 0 rings (SSSR count). The molecule has 0 aromatic carbocycles. The average Bonchev–Trinajstić information content (AvgIpc) is 2.11. The van der Waals surface area contributed by atoms with E-state index < -0.39 is 0 Å². The van der Waals surface area contributed by atoms with Gasteiger partial charge in [0.2, 0.25) is 0 Å². The molecule has 0 fully saturated rings. The molecule has 0 bridgehead atoms. The minimum absolute atomic E-state index is 1.27. The predicted molar refractivity (Wildman–Crippen MR) is 61.4 cm³/mol. The minimum Gasteiger partial charge on any atom is -0.182 e. The molecule has 0 spiro atoms. The first-order valence-electron chi connectivity index (χ1n) is 4.64. The van der Waals surface area contributed by atoms with Crippen LogP contribution in [-0.2, 0) is 0 Å². The first-order valence-corrected chi connectivity index (χ1v) is 4.64. The number of hydrogen-bond donors (Lipinski definition) is 0. The second-order valence-corrected chi connectivity index (χ2v) is 3.02. The molecule has 13 heavy (non-hydrogen) atoms. The van der Waals surface area contributed by atoms with E-state index >= 15 is 0 Å². The molecular formula is C13H19-. The highest BCUT2D eigenvalue weighted by molar-refractivity contribution is 5.30. The molecule has 0 radical (unpaired) electrons. The Labute approximate surface area is 82.4 Å². The summed E-state index contributed by atoms with van der Waals surface area (Å²) in [4.78, 5) is 0. The summed E-state index contributed by atoms with van der Waals surface area (Å²) in [5, 5.41) is 0. The highest BCUT2D eigenvalue weighted by atomic mass is 13.9. The summed E-state index contributed by atoms with van der Waals surface area (Å²) in [6, 6.07) is 0. The van der Waals surface area contributed by atoms with Crippen LogP contribution in [0.1, 0.15) is 27.7 Å². The maximum atomic E-state index is 2.17. The van der Waals surface area contributed by atoms with E-state index in [2.05, 4.69) is 44.6 Å². The molecule has 0 nitrogen and oxygen atoms in total. The fourth-order valence-corrected chi connectivity index (χ4v) is 0.951. The second-order valence-electron chi connectivity index (χ2n) is 3.02. The number of hydrogen-bond acceptors (Lipinski definition) is 0. The number of allylic oxidation sites excluding steroid dienone is 8. The SMILES string of the molecule is C/C=C\C=C(/C)C=C(C)[CH-]/C=C\C. The van der Waals surface area contributed by atoms with Crippen molar-refractivity contribution in [3.05, 3.63) is 54.0 Å². The van der Waals surface area contributed by atoms with Gasteiger partial charge in [-0.15, -0.1) is 5.57 Å². The molecule has 0 aliphatic rings. The number of rotatable bonds is 4. The Balaban J connectivity index is 4.20. The van der Waals surface area contributed by atoms with Gasteiger partial charge in [-0.05, 0) is 6.92 Å². The molecule has 72 valence electrons. The van der Waals surface area contributed by atoms with Crippen LogP contribution in [0, 0.1) is 6.42 Å². The molecule has 0 unspecified atom stereocenters. The standard InChI is InChI=1S/C13H19/c1-5-7-9-12(3)11-13(4)10-8-6-2/h5-11H,1-4H3/q-1/b7-5-,8-6-,12-9+,13-11?. The van der Waals surface area contributed by atoms with Crippen molar-refractivity contribution in [1.82, 2.24) is 0 Å². The highest BCUT2D eigenvalue weighted by Gasteiger charge is 1.78. The zero-order valence-electron chi connectivity index (χ0n) is 9.04. The van der Waals surface area contributed by atoms with Crippen LogP contribution in [0.15, 0.2) is 47.6 Å². The van der Waals surface area contributed by atoms with Gasteiger partial charge in [-0.2, -0.15) is 30.2 Å². The van der Waals surface area contributed by atoms with Crippen molar-refractivity contribution in [2.75, 3.05) is 0 Å². The third-order valence-corrected chi connectivity index (χ3v) is 1.56. The fraction of sp³-hybridized carbons (Fsp3) is 0.308. The summed E-state index contributed by atoms with van der Waals surface area (Å²) in [5.74, 6) is 0. The molecule has 0 heteroatoms. The minimum atomic E-state index is 1.27. The van der Waals surface area contributed by atoms with Crippen LogP contribution in [0.3, 0.4) is 0 Å². The van der Waals surface area contributed by atoms with Crippen LogP contribution in [0.4, 0.5) is 0 Å². The van der Waals surface area contributed by atoms with Gasteiger partial charge in [0, 0.05) is 0 Å². The van der Waals surface area contributed by atoms with Crippen LogP contribution < -0.4 is 0 Å². The van der Waals surface area contributed by atoms with Crippen LogP contribution in [-0.4, -0.2) is 0 Å². The Hall–Kier alpha value is -1.17. The van der Waals surface area contributed by atoms with Crippen molar-refractivity contribution in [1.29, 1.82) is 0 Å². The van der Waals surface area contributed by atoms with Crippen molar-refractivity contribution < 1.29 is 0 Å². The van der Waals surface area contributed by atoms with E-state index in [9.17, 15) is 0 Å². The van der Waals surface area contributed by atoms with Crippen LogP contribution in [0.25, 0.3) is 0 Å². The molecule has 0 aliphatic heterocycles. The van der Waals surface area contributed by atoms with E-state index in [1.807, 2.05) is 26.0 Å². The van der Waals surface area contributed by atoms with Crippen molar-refractivity contribution in [2.24, 2.45) is 0 Å². The average molecular weight is 175 g/mol. The van der Waals surface area contributed by atoms with Gasteiger partial charge in [0.05, 0.1) is 0 Å². The van der Waals surface area contributed by atoms with Gasteiger partial charge in [0.25, 0.3) is 0 Å². The third-order valence-electron chi connectivity index (χ3n) is 1.56. The lowest BCUT2D eigenvalue weighted by atomic mass is 10.1. The molecule has 0 aromatic rings. The van der Waals surface area contributed by atoms with E-state index in [-0.39, 0.29) is 0 Å². The monoisotopic (exact) mass is 175 g/mol. The van der Waals surface area contributed by atoms with Crippen molar-refractivity contribution in [3.8, 4) is 0 Å². The van der Waals surface area contributed by atoms with Crippen LogP contribution in [0.5, 0.6) is 0 Å². The Morgan fingerprint density at radius 1 is 1.08 bits per heavy atom. The summed E-state index contributed by atoms with van der Waals surface area (Å²) >= 11 is 0. The molecule has 0 saturated carbocycles. The van der Waals surface area contributed by atoms with E-state index in [4.69, 9.17) is 0 Å². The molecule has 0 aliphatic carbocycles. The summed E-state index contributed by atoms with van der Waals surface area (Å²) in [6.45, 7) is 8.25. The lowest BCUT2D eigenvalue weighted by Crippen LogP contribution is -1.76. The second kappa shape index (κ2) is 7.48. The Morgan fingerprint density at radius 2 is 1.77 bits per heavy atom. The predicted octanol–water partition coefficient (Wildman–Crippen LogP) is 4.24. The summed E-state index contributed by atoms with van der Waals surface area (Å²) in [6.07, 6.45) is 14.5. The van der Waals surface area contributed by atoms with Gasteiger partial charge in [-0.1, -0.05) is 39.0 Å². The zero-order valence-corrected chi connectivity index (χ0v) is 9.04. The lowest BCUT2D eigenvalue weighted by molar-refractivity contribution is 1.38. The Bertz CT molecular complexity index is 237. The summed E-state index contributed by atoms with van der Waals surface area (Å²) in [7, 11) is 0. The van der Waals surface area contributed by atoms with Gasteiger partial charge in [-0.25, -0.2) is 0 Å². The van der Waals surface area contributed by atoms with E-state index in [0.29, 0.717) is 0 Å². The van der Waals surface area contributed by atoms with E-state index in [1.54, 1.807) is 0 Å². The van der Waals surface area contributed by atoms with Gasteiger partial charge >= 0.3 is 0 Å². The first-order chi connectivity index (χ1) is 6.20. The maximum Gasteiger partial charge on any atom is -0.0467 e. The normalized spacial score (nSPS) is 14.5. The van der Waals surface area contributed by atoms with Crippen LogP contribution in [0.2, 0.25) is 0 Å². The summed E-state index contributed by atoms with van der Waals surface area (Å²) < 4.78 is 0. The Kier molecular flexibility index (Phi) is 6.80. The van der Waals surface area contributed by atoms with Crippen molar-refractivity contribution in [3.63, 3.8) is 0 Å². The van der Waals surface area contributed by atoms with Gasteiger partial charge in [0.1, 0.15) is 0 Å². The summed E-state index contributed by atoms with van der Waals surface area (Å²) in [5.41, 5.74) is 2.55. The first kappa shape index (κ1) is 11.8. The topological polar surface area (TPSA) is 0 Å². The van der Waals surface area contributed by atoms with E-state index in [1.165, 1.54) is 11.1 Å². The third kappa shape index (κ3) is 7.20. The molecule has 0 atom stereocenters. The highest BCUT2D eigenvalue weighted by Crippen LogP contribution is 2.05. The molecule has 0 saturated heterocycles. The quantitative estimate of drug-likeness (QED) is 0.443. The van der Waals surface area contributed by atoms with Gasteiger partial charge in [0.15, 0.2) is 0 Å². The molecule has 0 amide bonds. The fourth-order valence-electron chi connectivity index (χ4n) is 0.951. The largest absolute Gasteiger partial charge is 0.182 e. The van der Waals surface area contributed by atoms with Crippen molar-refractivity contribution >= 4 is 0 Å². The van der Waals surface area contributed by atoms with Gasteiger partial charge in [-0.3, -0.25) is 0 Å². The van der Waals surface area contributed by atoms with Crippen LogP contribution >= 0.6 is 0 Å².